The summed E-state index contributed by atoms with van der Waals surface area (Å²) in [5.74, 6) is -0.190. The van der Waals surface area contributed by atoms with Crippen molar-refractivity contribution in [2.45, 2.75) is 4.90 Å². The highest BCUT2D eigenvalue weighted by Gasteiger charge is 2.23. The number of halogens is 1. The third-order valence-corrected chi connectivity index (χ3v) is 6.09. The summed E-state index contributed by atoms with van der Waals surface area (Å²) in [6, 6.07) is 12.7. The molecule has 1 amide bonds. The Bertz CT molecular complexity index is 985. The van der Waals surface area contributed by atoms with E-state index in [4.69, 9.17) is 16.4 Å². The van der Waals surface area contributed by atoms with Gasteiger partial charge in [0.1, 0.15) is 15.0 Å². The second-order valence-corrected chi connectivity index (χ2v) is 9.06. The van der Waals surface area contributed by atoms with Gasteiger partial charge in [-0.25, -0.2) is 0 Å². The van der Waals surface area contributed by atoms with Gasteiger partial charge in [-0.1, -0.05) is 58.1 Å². The molecule has 1 aliphatic rings. The Hall–Kier alpha value is -1.68. The van der Waals surface area contributed by atoms with Crippen LogP contribution in [-0.2, 0) is 14.9 Å². The average molecular weight is 456 g/mol. The molecular weight excluding hydrogens is 446 g/mol. The molecule has 128 valence electrons. The number of hydrogen-bond donors (Lipinski definition) is 1. The molecule has 1 aliphatic heterocycles. The van der Waals surface area contributed by atoms with E-state index in [1.807, 2.05) is 0 Å². The van der Waals surface area contributed by atoms with E-state index in [9.17, 15) is 13.2 Å². The minimum Gasteiger partial charge on any atom is -0.378 e. The second kappa shape index (κ2) is 7.28. The van der Waals surface area contributed by atoms with Crippen LogP contribution in [0.5, 0.6) is 5.75 Å². The van der Waals surface area contributed by atoms with Crippen molar-refractivity contribution in [3.63, 3.8) is 0 Å². The highest BCUT2D eigenvalue weighted by Crippen LogP contribution is 2.30. The van der Waals surface area contributed by atoms with Crippen LogP contribution in [0.4, 0.5) is 0 Å². The first kappa shape index (κ1) is 18.1. The van der Waals surface area contributed by atoms with Crippen LogP contribution in [0.1, 0.15) is 5.56 Å². The van der Waals surface area contributed by atoms with Gasteiger partial charge in [0.15, 0.2) is 0 Å². The van der Waals surface area contributed by atoms with Gasteiger partial charge in [-0.3, -0.25) is 4.79 Å². The van der Waals surface area contributed by atoms with Crippen LogP contribution >= 0.6 is 39.9 Å². The van der Waals surface area contributed by atoms with Crippen LogP contribution in [0.3, 0.4) is 0 Å². The zero-order valence-corrected chi connectivity index (χ0v) is 16.5. The minimum atomic E-state index is -3.99. The molecule has 0 saturated carbocycles. The van der Waals surface area contributed by atoms with E-state index >= 15 is 0 Å². The second-order valence-electron chi connectivity index (χ2n) is 4.88. The van der Waals surface area contributed by atoms with Crippen molar-refractivity contribution < 1.29 is 17.4 Å². The number of amides is 1. The topological polar surface area (TPSA) is 72.5 Å². The number of carbonyl (C=O) groups is 1. The Morgan fingerprint density at radius 2 is 1.80 bits per heavy atom. The van der Waals surface area contributed by atoms with E-state index in [2.05, 4.69) is 21.2 Å². The summed E-state index contributed by atoms with van der Waals surface area (Å²) in [5.41, 5.74) is 0.463. The Morgan fingerprint density at radius 3 is 2.44 bits per heavy atom. The first-order chi connectivity index (χ1) is 11.8. The maximum absolute atomic E-state index is 12.5. The Labute approximate surface area is 162 Å². The number of thioether (sulfide) groups is 1. The zero-order chi connectivity index (χ0) is 18.0. The van der Waals surface area contributed by atoms with Crippen molar-refractivity contribution in [1.82, 2.24) is 5.32 Å². The predicted molar refractivity (Wildman–Crippen MR) is 105 cm³/mol. The van der Waals surface area contributed by atoms with Gasteiger partial charge in [0.2, 0.25) is 0 Å². The first-order valence-corrected chi connectivity index (χ1v) is 10.3. The minimum absolute atomic E-state index is 0.0346. The molecule has 0 atom stereocenters. The third-order valence-electron chi connectivity index (χ3n) is 3.15. The quantitative estimate of drug-likeness (QED) is 0.430. The fourth-order valence-electron chi connectivity index (χ4n) is 2.01. The van der Waals surface area contributed by atoms with Gasteiger partial charge in [-0.15, -0.1) is 0 Å². The van der Waals surface area contributed by atoms with Gasteiger partial charge in [-0.2, -0.15) is 8.42 Å². The summed E-state index contributed by atoms with van der Waals surface area (Å²) in [4.78, 5) is 12.2. The number of hydrogen-bond acceptors (Lipinski definition) is 6. The van der Waals surface area contributed by atoms with E-state index in [1.54, 1.807) is 36.4 Å². The van der Waals surface area contributed by atoms with E-state index in [-0.39, 0.29) is 16.6 Å². The van der Waals surface area contributed by atoms with Crippen LogP contribution in [0.15, 0.2) is 62.8 Å². The summed E-state index contributed by atoms with van der Waals surface area (Å²) < 4.78 is 31.3. The maximum atomic E-state index is 12.5. The molecule has 9 heteroatoms. The summed E-state index contributed by atoms with van der Waals surface area (Å²) in [6.07, 6.45) is 1.55. The fourth-order valence-corrected chi connectivity index (χ4v) is 4.26. The van der Waals surface area contributed by atoms with E-state index in [1.165, 1.54) is 18.2 Å². The van der Waals surface area contributed by atoms with E-state index < -0.39 is 10.1 Å². The predicted octanol–water partition coefficient (Wildman–Crippen LogP) is 3.71. The van der Waals surface area contributed by atoms with Gasteiger partial charge in [0, 0.05) is 10.0 Å². The van der Waals surface area contributed by atoms with Gasteiger partial charge < -0.3 is 9.50 Å². The number of para-hydroxylation sites is 1. The van der Waals surface area contributed by atoms with Crippen LogP contribution < -0.4 is 9.50 Å². The van der Waals surface area contributed by atoms with Crippen molar-refractivity contribution >= 4 is 66.3 Å². The number of nitrogens with one attached hydrogen (secondary N) is 1. The summed E-state index contributed by atoms with van der Waals surface area (Å²) >= 11 is 9.31. The van der Waals surface area contributed by atoms with Gasteiger partial charge in [-0.05, 0) is 36.4 Å². The molecule has 2 aromatic carbocycles. The van der Waals surface area contributed by atoms with Crippen molar-refractivity contribution in [1.29, 1.82) is 0 Å². The van der Waals surface area contributed by atoms with Crippen molar-refractivity contribution in [3.8, 4) is 5.75 Å². The lowest BCUT2D eigenvalue weighted by atomic mass is 10.2. The summed E-state index contributed by atoms with van der Waals surface area (Å²) in [6.45, 7) is 0. The number of benzene rings is 2. The molecule has 0 aliphatic carbocycles. The molecule has 0 unspecified atom stereocenters. The Morgan fingerprint density at radius 1 is 1.12 bits per heavy atom. The van der Waals surface area contributed by atoms with Gasteiger partial charge >= 0.3 is 10.1 Å². The monoisotopic (exact) mass is 455 g/mol. The van der Waals surface area contributed by atoms with Crippen LogP contribution in [-0.4, -0.2) is 18.6 Å². The average Bonchev–Trinajstić information content (AvgIpc) is 2.87. The Balaban J connectivity index is 1.94. The van der Waals surface area contributed by atoms with Crippen molar-refractivity contribution in [2.24, 2.45) is 0 Å². The molecule has 3 rings (SSSR count). The molecule has 25 heavy (non-hydrogen) atoms. The summed E-state index contributed by atoms with van der Waals surface area (Å²) in [7, 11) is -3.99. The Kier molecular flexibility index (Phi) is 5.28. The van der Waals surface area contributed by atoms with E-state index in [0.717, 1.165) is 16.2 Å². The molecule has 1 saturated heterocycles. The van der Waals surface area contributed by atoms with Crippen LogP contribution in [0, 0.1) is 0 Å². The van der Waals surface area contributed by atoms with Crippen molar-refractivity contribution in [3.05, 3.63) is 63.5 Å². The molecule has 1 fully saturated rings. The lowest BCUT2D eigenvalue weighted by Gasteiger charge is -2.10. The van der Waals surface area contributed by atoms with Gasteiger partial charge in [0.05, 0.1) is 4.91 Å². The highest BCUT2D eigenvalue weighted by molar-refractivity contribution is 9.10. The van der Waals surface area contributed by atoms with Crippen LogP contribution in [0.2, 0.25) is 0 Å². The molecule has 0 aromatic heterocycles. The lowest BCUT2D eigenvalue weighted by molar-refractivity contribution is -0.115. The van der Waals surface area contributed by atoms with Crippen LogP contribution in [0.25, 0.3) is 6.08 Å². The first-order valence-electron chi connectivity index (χ1n) is 6.89. The number of thiocarbonyl (C=S) groups is 1. The smallest absolute Gasteiger partial charge is 0.339 e. The SMILES string of the molecule is O=C1NC(=S)S/C1=C/c1ccccc1OS(=O)(=O)c1ccc(Br)cc1. The lowest BCUT2D eigenvalue weighted by Crippen LogP contribution is -2.17. The van der Waals surface area contributed by atoms with Gasteiger partial charge in [0.25, 0.3) is 5.91 Å². The summed E-state index contributed by atoms with van der Waals surface area (Å²) in [5, 5.41) is 2.51. The molecule has 0 radical (unpaired) electrons. The molecule has 5 nitrogen and oxygen atoms in total. The molecule has 2 aromatic rings. The standard InChI is InChI=1S/C16H10BrNO4S3/c17-11-5-7-12(8-6-11)25(20,21)22-13-4-2-1-3-10(13)9-14-15(19)18-16(23)24-14/h1-9H,(H,18,19,23)/b14-9+. The number of carbonyl (C=O) groups excluding carboxylic acids is 1. The molecule has 0 bridgehead atoms. The van der Waals surface area contributed by atoms with E-state index in [0.29, 0.717) is 14.8 Å². The fraction of sp³-hybridized carbons (Fsp3) is 0. The molecule has 0 spiro atoms. The maximum Gasteiger partial charge on any atom is 0.339 e. The number of rotatable bonds is 4. The normalized spacial score (nSPS) is 16.1. The third kappa shape index (κ3) is 4.30. The highest BCUT2D eigenvalue weighted by atomic mass is 79.9. The largest absolute Gasteiger partial charge is 0.378 e. The molecule has 1 N–H and O–H groups in total. The molecule has 1 heterocycles. The zero-order valence-electron chi connectivity index (χ0n) is 12.4. The molecular formula is C16H10BrNO4S3. The van der Waals surface area contributed by atoms with Crippen molar-refractivity contribution in [2.75, 3.05) is 0 Å².